The number of anilines is 1. The van der Waals surface area contributed by atoms with E-state index in [4.69, 9.17) is 4.74 Å². The molecular formula is C30H41N3O4S. The monoisotopic (exact) mass is 539 g/mol. The molecule has 0 radical (unpaired) electrons. The Labute approximate surface area is 231 Å². The van der Waals surface area contributed by atoms with Gasteiger partial charge in [0.25, 0.3) is 5.91 Å². The number of para-hydroxylation sites is 1. The molecule has 0 saturated heterocycles. The maximum absolute atomic E-state index is 14.2. The highest BCUT2D eigenvalue weighted by molar-refractivity contribution is 7.98. The number of benzene rings is 2. The fourth-order valence-corrected chi connectivity index (χ4v) is 5.04. The Morgan fingerprint density at radius 3 is 2.18 bits per heavy atom. The molecule has 1 saturated carbocycles. The number of hydrogen-bond acceptors (Lipinski definition) is 5. The van der Waals surface area contributed by atoms with Crippen molar-refractivity contribution in [3.05, 3.63) is 65.2 Å². The molecule has 2 aromatic carbocycles. The predicted octanol–water partition coefficient (Wildman–Crippen LogP) is 5.87. The Kier molecular flexibility index (Phi) is 9.88. The number of thioether (sulfide) groups is 1. The molecule has 2 N–H and O–H groups in total. The number of carbonyl (C=O) groups is 3. The molecule has 2 aromatic rings. The largest absolute Gasteiger partial charge is 0.444 e. The molecule has 1 aliphatic rings. The van der Waals surface area contributed by atoms with Crippen LogP contribution in [0.3, 0.4) is 0 Å². The van der Waals surface area contributed by atoms with Crippen LogP contribution in [0.25, 0.3) is 0 Å². The molecule has 1 aliphatic carbocycles. The zero-order valence-corrected chi connectivity index (χ0v) is 24.4. The van der Waals surface area contributed by atoms with E-state index in [1.54, 1.807) is 37.4 Å². The minimum Gasteiger partial charge on any atom is -0.444 e. The van der Waals surface area contributed by atoms with Gasteiger partial charge in [-0.1, -0.05) is 55.5 Å². The van der Waals surface area contributed by atoms with Crippen molar-refractivity contribution >= 4 is 35.4 Å². The number of aryl methyl sites for hydroxylation is 2. The molecule has 38 heavy (non-hydrogen) atoms. The highest BCUT2D eigenvalue weighted by Crippen LogP contribution is 2.41. The van der Waals surface area contributed by atoms with Crippen LogP contribution in [0.4, 0.5) is 10.5 Å². The number of nitrogens with one attached hydrogen (secondary N) is 2. The topological polar surface area (TPSA) is 87.7 Å². The summed E-state index contributed by atoms with van der Waals surface area (Å²) in [4.78, 5) is 42.7. The molecule has 3 rings (SSSR count). The van der Waals surface area contributed by atoms with E-state index in [2.05, 4.69) is 17.6 Å². The van der Waals surface area contributed by atoms with Crippen LogP contribution in [0.1, 0.15) is 63.3 Å². The van der Waals surface area contributed by atoms with Gasteiger partial charge in [0.05, 0.1) is 0 Å². The van der Waals surface area contributed by atoms with Gasteiger partial charge in [0.1, 0.15) is 17.7 Å². The van der Waals surface area contributed by atoms with Gasteiger partial charge in [0.15, 0.2) is 0 Å². The van der Waals surface area contributed by atoms with Crippen LogP contribution < -0.4 is 10.6 Å². The Balaban J connectivity index is 2.00. The number of hydrogen-bond donors (Lipinski definition) is 2. The zero-order valence-electron chi connectivity index (χ0n) is 23.5. The van der Waals surface area contributed by atoms with Crippen LogP contribution in [0.5, 0.6) is 0 Å². The molecule has 1 fully saturated rings. The van der Waals surface area contributed by atoms with Crippen molar-refractivity contribution in [2.24, 2.45) is 5.92 Å². The van der Waals surface area contributed by atoms with Crippen LogP contribution in [0, 0.1) is 19.8 Å². The molecule has 7 nitrogen and oxygen atoms in total. The molecule has 8 heteroatoms. The molecule has 0 bridgehead atoms. The SMILES string of the molecule is CSCCC(NC(=O)OC(C)(C)C)C(=O)N(C(C(=O)Nc1c(C)cccc1C)c1ccccc1)C1CC1C. The fourth-order valence-electron chi connectivity index (χ4n) is 4.57. The van der Waals surface area contributed by atoms with E-state index in [0.717, 1.165) is 28.8 Å². The first-order chi connectivity index (χ1) is 17.9. The summed E-state index contributed by atoms with van der Waals surface area (Å²) in [5.74, 6) is 0.373. The minimum absolute atomic E-state index is 0.103. The molecule has 3 amide bonds. The number of ether oxygens (including phenoxy) is 1. The first-order valence-electron chi connectivity index (χ1n) is 13.2. The van der Waals surface area contributed by atoms with Gasteiger partial charge < -0.3 is 20.3 Å². The van der Waals surface area contributed by atoms with E-state index in [9.17, 15) is 14.4 Å². The van der Waals surface area contributed by atoms with Crippen molar-refractivity contribution < 1.29 is 19.1 Å². The first kappa shape index (κ1) is 29.6. The maximum Gasteiger partial charge on any atom is 0.408 e. The lowest BCUT2D eigenvalue weighted by Crippen LogP contribution is -2.53. The number of nitrogens with zero attached hydrogens (tertiary/aromatic N) is 1. The van der Waals surface area contributed by atoms with E-state index in [-0.39, 0.29) is 23.8 Å². The first-order valence-corrected chi connectivity index (χ1v) is 14.5. The van der Waals surface area contributed by atoms with Gasteiger partial charge in [-0.2, -0.15) is 11.8 Å². The number of carbonyl (C=O) groups excluding carboxylic acids is 3. The highest BCUT2D eigenvalue weighted by atomic mass is 32.2. The quantitative estimate of drug-likeness (QED) is 0.395. The van der Waals surface area contributed by atoms with Crippen LogP contribution >= 0.6 is 11.8 Å². The molecular weight excluding hydrogens is 498 g/mol. The van der Waals surface area contributed by atoms with Crippen LogP contribution in [0.15, 0.2) is 48.5 Å². The number of amides is 3. The standard InChI is InChI=1S/C30H41N3O4S/c1-19-12-11-13-20(2)25(19)32-27(34)26(22-14-9-8-10-15-22)33(24-18-21(24)3)28(35)23(16-17-38-7)31-29(36)37-30(4,5)6/h8-15,21,23-24,26H,16-18H2,1-7H3,(H,31,36)(H,32,34). The third-order valence-corrected chi connectivity index (χ3v) is 7.29. The lowest BCUT2D eigenvalue weighted by molar-refractivity contribution is -0.141. The Morgan fingerprint density at radius 1 is 1.05 bits per heavy atom. The van der Waals surface area contributed by atoms with Crippen molar-refractivity contribution in [2.45, 2.75) is 78.1 Å². The maximum atomic E-state index is 14.2. The summed E-state index contributed by atoms with van der Waals surface area (Å²) in [5, 5.41) is 5.92. The summed E-state index contributed by atoms with van der Waals surface area (Å²) in [7, 11) is 0. The summed E-state index contributed by atoms with van der Waals surface area (Å²) < 4.78 is 5.47. The van der Waals surface area contributed by atoms with Crippen LogP contribution in [-0.4, -0.2) is 52.5 Å². The molecule has 0 heterocycles. The van der Waals surface area contributed by atoms with Gasteiger partial charge in [-0.25, -0.2) is 4.79 Å². The lowest BCUT2D eigenvalue weighted by Gasteiger charge is -2.35. The number of rotatable bonds is 10. The normalized spacial score (nSPS) is 18.2. The van der Waals surface area contributed by atoms with Gasteiger partial charge in [-0.05, 0) is 82.1 Å². The molecule has 0 spiro atoms. The van der Waals surface area contributed by atoms with Gasteiger partial charge >= 0.3 is 6.09 Å². The second-order valence-electron chi connectivity index (χ2n) is 11.1. The average molecular weight is 540 g/mol. The fraction of sp³-hybridized carbons (Fsp3) is 0.500. The highest BCUT2D eigenvalue weighted by Gasteiger charge is 2.48. The van der Waals surface area contributed by atoms with Gasteiger partial charge in [0, 0.05) is 11.7 Å². The summed E-state index contributed by atoms with van der Waals surface area (Å²) in [6.07, 6.45) is 2.54. The molecule has 4 unspecified atom stereocenters. The van der Waals surface area contributed by atoms with Crippen LogP contribution in [0.2, 0.25) is 0 Å². The smallest absolute Gasteiger partial charge is 0.408 e. The van der Waals surface area contributed by atoms with Crippen molar-refractivity contribution in [2.75, 3.05) is 17.3 Å². The van der Waals surface area contributed by atoms with Gasteiger partial charge in [-0.3, -0.25) is 9.59 Å². The van der Waals surface area contributed by atoms with E-state index in [1.165, 1.54) is 0 Å². The zero-order chi connectivity index (χ0) is 28.0. The minimum atomic E-state index is -0.852. The third kappa shape index (κ3) is 7.76. The van der Waals surface area contributed by atoms with Crippen molar-refractivity contribution in [3.8, 4) is 0 Å². The third-order valence-electron chi connectivity index (χ3n) is 6.65. The second-order valence-corrected chi connectivity index (χ2v) is 12.1. The van der Waals surface area contributed by atoms with Crippen molar-refractivity contribution in [1.29, 1.82) is 0 Å². The second kappa shape index (κ2) is 12.7. The van der Waals surface area contributed by atoms with E-state index >= 15 is 0 Å². The average Bonchev–Trinajstić information content (AvgIpc) is 3.57. The molecule has 4 atom stereocenters. The molecule has 206 valence electrons. The predicted molar refractivity (Wildman–Crippen MR) is 154 cm³/mol. The number of alkyl carbamates (subject to hydrolysis) is 1. The van der Waals surface area contributed by atoms with E-state index in [1.807, 2.05) is 68.6 Å². The van der Waals surface area contributed by atoms with E-state index < -0.39 is 23.8 Å². The molecule has 0 aromatic heterocycles. The summed E-state index contributed by atoms with van der Waals surface area (Å²) >= 11 is 1.60. The summed E-state index contributed by atoms with van der Waals surface area (Å²) in [6, 6.07) is 13.5. The Bertz CT molecular complexity index is 1110. The van der Waals surface area contributed by atoms with Crippen LogP contribution in [-0.2, 0) is 14.3 Å². The van der Waals surface area contributed by atoms with E-state index in [0.29, 0.717) is 12.2 Å². The summed E-state index contributed by atoms with van der Waals surface area (Å²) in [6.45, 7) is 11.3. The van der Waals surface area contributed by atoms with Crippen molar-refractivity contribution in [3.63, 3.8) is 0 Å². The van der Waals surface area contributed by atoms with Crippen molar-refractivity contribution in [1.82, 2.24) is 10.2 Å². The summed E-state index contributed by atoms with van der Waals surface area (Å²) in [5.41, 5.74) is 2.68. The Morgan fingerprint density at radius 2 is 1.66 bits per heavy atom. The Hall–Kier alpha value is -3.00. The van der Waals surface area contributed by atoms with Gasteiger partial charge in [0.2, 0.25) is 5.91 Å². The lowest BCUT2D eigenvalue weighted by atomic mass is 10.0. The van der Waals surface area contributed by atoms with Gasteiger partial charge in [-0.15, -0.1) is 0 Å². The molecule has 0 aliphatic heterocycles.